The predicted octanol–water partition coefficient (Wildman–Crippen LogP) is 8.79. The SMILES string of the molecule is c1ccc(-n2c3cc4c5ccccc5c5ccccc5c4cc3c3ccc4ccccc4c32)nc1. The smallest absolute Gasteiger partial charge is 0.137 e. The van der Waals surface area contributed by atoms with E-state index in [4.69, 9.17) is 4.98 Å². The number of benzene rings is 6. The summed E-state index contributed by atoms with van der Waals surface area (Å²) in [5.74, 6) is 0.938. The van der Waals surface area contributed by atoms with Crippen molar-refractivity contribution in [3.8, 4) is 5.82 Å². The van der Waals surface area contributed by atoms with Gasteiger partial charge in [-0.3, -0.25) is 4.57 Å². The molecule has 6 aromatic carbocycles. The van der Waals surface area contributed by atoms with Crippen molar-refractivity contribution in [1.82, 2.24) is 9.55 Å². The second-order valence-corrected chi connectivity index (χ2v) is 9.21. The van der Waals surface area contributed by atoms with Gasteiger partial charge >= 0.3 is 0 Å². The molecule has 0 saturated carbocycles. The Morgan fingerprint density at radius 2 is 1.03 bits per heavy atom. The molecule has 2 heterocycles. The maximum absolute atomic E-state index is 4.78. The molecule has 0 radical (unpaired) electrons. The molecule has 8 aromatic rings. The highest BCUT2D eigenvalue weighted by Crippen LogP contribution is 2.42. The molecule has 2 heteroatoms. The van der Waals surface area contributed by atoms with Crippen molar-refractivity contribution in [3.05, 3.63) is 121 Å². The van der Waals surface area contributed by atoms with Crippen molar-refractivity contribution in [2.75, 3.05) is 0 Å². The molecule has 0 aliphatic carbocycles. The molecule has 0 saturated heterocycles. The minimum absolute atomic E-state index is 0.938. The standard InChI is InChI=1S/C33H20N2/c1-2-10-22-21(9-1)16-17-27-30-19-28-25-13-5-3-11-23(25)24-12-4-6-14-26(24)29(28)20-31(30)35(33(22)27)32-15-7-8-18-34-32/h1-20H. The summed E-state index contributed by atoms with van der Waals surface area (Å²) < 4.78 is 2.34. The second-order valence-electron chi connectivity index (χ2n) is 9.21. The molecule has 0 unspecified atom stereocenters. The molecule has 2 aromatic heterocycles. The van der Waals surface area contributed by atoms with Gasteiger partial charge in [0.15, 0.2) is 0 Å². The van der Waals surface area contributed by atoms with E-state index in [1.54, 1.807) is 0 Å². The lowest BCUT2D eigenvalue weighted by atomic mass is 9.93. The van der Waals surface area contributed by atoms with Crippen molar-refractivity contribution >= 4 is 64.9 Å². The monoisotopic (exact) mass is 444 g/mol. The minimum atomic E-state index is 0.938. The zero-order chi connectivity index (χ0) is 22.9. The molecule has 35 heavy (non-hydrogen) atoms. The van der Waals surface area contributed by atoms with Gasteiger partial charge in [-0.05, 0) is 62.0 Å². The summed E-state index contributed by atoms with van der Waals surface area (Å²) in [6.45, 7) is 0. The highest BCUT2D eigenvalue weighted by atomic mass is 15.1. The van der Waals surface area contributed by atoms with Gasteiger partial charge in [0.2, 0.25) is 0 Å². The fourth-order valence-corrected chi connectivity index (χ4v) is 5.90. The third-order valence-corrected chi connectivity index (χ3v) is 7.39. The first-order chi connectivity index (χ1) is 17.4. The van der Waals surface area contributed by atoms with Gasteiger partial charge in [-0.2, -0.15) is 0 Å². The van der Waals surface area contributed by atoms with E-state index >= 15 is 0 Å². The van der Waals surface area contributed by atoms with Crippen molar-refractivity contribution in [2.45, 2.75) is 0 Å². The van der Waals surface area contributed by atoms with Crippen LogP contribution in [0, 0.1) is 0 Å². The number of nitrogens with zero attached hydrogens (tertiary/aromatic N) is 2. The second kappa shape index (κ2) is 6.91. The summed E-state index contributed by atoms with van der Waals surface area (Å²) in [5.41, 5.74) is 2.39. The van der Waals surface area contributed by atoms with E-state index in [0.29, 0.717) is 0 Å². The maximum Gasteiger partial charge on any atom is 0.137 e. The molecule has 0 aliphatic heterocycles. The summed E-state index contributed by atoms with van der Waals surface area (Å²) in [6.07, 6.45) is 1.88. The fourth-order valence-electron chi connectivity index (χ4n) is 5.90. The molecule has 0 atom stereocenters. The van der Waals surface area contributed by atoms with Crippen molar-refractivity contribution in [2.24, 2.45) is 0 Å². The average Bonchev–Trinajstić information content (AvgIpc) is 3.27. The van der Waals surface area contributed by atoms with Crippen LogP contribution in [0.15, 0.2) is 121 Å². The van der Waals surface area contributed by atoms with Crippen molar-refractivity contribution in [1.29, 1.82) is 0 Å². The highest BCUT2D eigenvalue weighted by Gasteiger charge is 2.18. The quantitative estimate of drug-likeness (QED) is 0.231. The van der Waals surface area contributed by atoms with Crippen LogP contribution in [0.5, 0.6) is 0 Å². The highest BCUT2D eigenvalue weighted by molar-refractivity contribution is 6.29. The van der Waals surface area contributed by atoms with Crippen LogP contribution in [0.1, 0.15) is 0 Å². The molecule has 162 valence electrons. The van der Waals surface area contributed by atoms with E-state index in [1.165, 1.54) is 64.9 Å². The average molecular weight is 445 g/mol. The summed E-state index contributed by atoms with van der Waals surface area (Å²) >= 11 is 0. The van der Waals surface area contributed by atoms with Crippen LogP contribution in [0.4, 0.5) is 0 Å². The van der Waals surface area contributed by atoms with Crippen LogP contribution in [-0.2, 0) is 0 Å². The number of fused-ring (bicyclic) bond motifs is 11. The van der Waals surface area contributed by atoms with Gasteiger partial charge in [0, 0.05) is 22.4 Å². The number of hydrogen-bond acceptors (Lipinski definition) is 1. The Labute approximate surface area is 201 Å². The van der Waals surface area contributed by atoms with Crippen LogP contribution in [-0.4, -0.2) is 9.55 Å². The van der Waals surface area contributed by atoms with E-state index in [2.05, 4.69) is 114 Å². The first-order valence-electron chi connectivity index (χ1n) is 12.0. The van der Waals surface area contributed by atoms with Crippen LogP contribution in [0.3, 0.4) is 0 Å². The Bertz CT molecular complexity index is 2100. The van der Waals surface area contributed by atoms with E-state index in [1.807, 2.05) is 12.3 Å². The largest absolute Gasteiger partial charge is 0.293 e. The molecule has 0 aliphatic rings. The first-order valence-corrected chi connectivity index (χ1v) is 12.0. The van der Waals surface area contributed by atoms with Gasteiger partial charge in [0.05, 0.1) is 11.0 Å². The van der Waals surface area contributed by atoms with Crippen LogP contribution in [0.2, 0.25) is 0 Å². The zero-order valence-corrected chi connectivity index (χ0v) is 18.9. The molecule has 2 nitrogen and oxygen atoms in total. The topological polar surface area (TPSA) is 17.8 Å². The van der Waals surface area contributed by atoms with Gasteiger partial charge in [-0.15, -0.1) is 0 Å². The first kappa shape index (κ1) is 18.7. The lowest BCUT2D eigenvalue weighted by Gasteiger charge is -2.12. The van der Waals surface area contributed by atoms with Crippen LogP contribution in [0.25, 0.3) is 70.7 Å². The number of pyridine rings is 1. The van der Waals surface area contributed by atoms with E-state index < -0.39 is 0 Å². The lowest BCUT2D eigenvalue weighted by Crippen LogP contribution is -1.97. The Hall–Kier alpha value is -4.69. The molecule has 0 amide bonds. The summed E-state index contributed by atoms with van der Waals surface area (Å²) in [5, 5.41) is 12.7. The molecule has 0 N–H and O–H groups in total. The van der Waals surface area contributed by atoms with E-state index in [0.717, 1.165) is 5.82 Å². The summed E-state index contributed by atoms with van der Waals surface area (Å²) in [7, 11) is 0. The van der Waals surface area contributed by atoms with Gasteiger partial charge in [0.1, 0.15) is 5.82 Å². The number of rotatable bonds is 1. The predicted molar refractivity (Wildman–Crippen MR) is 149 cm³/mol. The fraction of sp³-hybridized carbons (Fsp3) is 0. The van der Waals surface area contributed by atoms with E-state index in [-0.39, 0.29) is 0 Å². The van der Waals surface area contributed by atoms with Gasteiger partial charge in [-0.1, -0.05) is 91.0 Å². The Balaban J connectivity index is 1.69. The normalized spacial score (nSPS) is 12.0. The molecule has 0 bridgehead atoms. The zero-order valence-electron chi connectivity index (χ0n) is 18.9. The van der Waals surface area contributed by atoms with Crippen molar-refractivity contribution in [3.63, 3.8) is 0 Å². The third-order valence-electron chi connectivity index (χ3n) is 7.39. The minimum Gasteiger partial charge on any atom is -0.293 e. The van der Waals surface area contributed by atoms with Gasteiger partial charge in [0.25, 0.3) is 0 Å². The molecular weight excluding hydrogens is 424 g/mol. The summed E-state index contributed by atoms with van der Waals surface area (Å²) in [4.78, 5) is 4.78. The number of aromatic nitrogens is 2. The van der Waals surface area contributed by atoms with Crippen LogP contribution >= 0.6 is 0 Å². The van der Waals surface area contributed by atoms with Gasteiger partial charge in [-0.25, -0.2) is 4.98 Å². The maximum atomic E-state index is 4.78. The Morgan fingerprint density at radius 3 is 1.71 bits per heavy atom. The molecule has 0 fully saturated rings. The number of hydrogen-bond donors (Lipinski definition) is 0. The van der Waals surface area contributed by atoms with Crippen molar-refractivity contribution < 1.29 is 0 Å². The Kier molecular flexibility index (Phi) is 3.69. The summed E-state index contributed by atoms with van der Waals surface area (Å²) in [6, 6.07) is 41.6. The van der Waals surface area contributed by atoms with Gasteiger partial charge < -0.3 is 0 Å². The molecule has 8 rings (SSSR count). The molecule has 0 spiro atoms. The molecular formula is C33H20N2. The Morgan fingerprint density at radius 1 is 0.429 bits per heavy atom. The van der Waals surface area contributed by atoms with Crippen LogP contribution < -0.4 is 0 Å². The van der Waals surface area contributed by atoms with E-state index in [9.17, 15) is 0 Å². The third kappa shape index (κ3) is 2.51. The lowest BCUT2D eigenvalue weighted by molar-refractivity contribution is 1.08.